The van der Waals surface area contributed by atoms with Crippen molar-refractivity contribution in [1.29, 1.82) is 0 Å². The van der Waals surface area contributed by atoms with Crippen molar-refractivity contribution in [3.8, 4) is 11.5 Å². The van der Waals surface area contributed by atoms with Gasteiger partial charge in [0.2, 0.25) is 5.91 Å². The van der Waals surface area contributed by atoms with Crippen LogP contribution in [0.25, 0.3) is 10.2 Å². The lowest BCUT2D eigenvalue weighted by atomic mass is 10.0. The Balaban J connectivity index is 1.76. The van der Waals surface area contributed by atoms with E-state index in [-0.39, 0.29) is 17.7 Å². The maximum Gasteiger partial charge on any atom is 0.255 e. The maximum absolute atomic E-state index is 12.9. The topological polar surface area (TPSA) is 89.5 Å². The Labute approximate surface area is 179 Å². The Hall–Kier alpha value is -3.13. The monoisotopic (exact) mass is 427 g/mol. The predicted molar refractivity (Wildman–Crippen MR) is 119 cm³/mol. The molecule has 0 spiro atoms. The van der Waals surface area contributed by atoms with E-state index in [4.69, 9.17) is 9.47 Å². The molecule has 2 N–H and O–H groups in total. The second kappa shape index (κ2) is 9.58. The van der Waals surface area contributed by atoms with Crippen LogP contribution >= 0.6 is 11.3 Å². The minimum absolute atomic E-state index is 0.123. The normalized spacial score (nSPS) is 11.9. The first-order valence-electron chi connectivity index (χ1n) is 9.71. The number of carbonyl (C=O) groups is 2. The molecule has 0 aliphatic carbocycles. The summed E-state index contributed by atoms with van der Waals surface area (Å²) >= 11 is 1.35. The van der Waals surface area contributed by atoms with Gasteiger partial charge in [0.05, 0.1) is 29.5 Å². The number of hydrogen-bond acceptors (Lipinski definition) is 6. The zero-order chi connectivity index (χ0) is 21.7. The third-order valence-corrected chi connectivity index (χ3v) is 5.43. The Morgan fingerprint density at radius 2 is 1.93 bits per heavy atom. The zero-order valence-electron chi connectivity index (χ0n) is 17.4. The molecule has 0 fully saturated rings. The highest BCUT2D eigenvalue weighted by molar-refractivity contribution is 7.22. The molecule has 3 rings (SSSR count). The number of hydrogen-bond donors (Lipinski definition) is 2. The van der Waals surface area contributed by atoms with E-state index in [0.717, 1.165) is 16.0 Å². The van der Waals surface area contributed by atoms with Crippen LogP contribution in [-0.4, -0.2) is 36.6 Å². The van der Waals surface area contributed by atoms with Crippen molar-refractivity contribution in [2.75, 3.05) is 19.0 Å². The lowest BCUT2D eigenvalue weighted by Gasteiger charge is -2.21. The lowest BCUT2D eigenvalue weighted by Crippen LogP contribution is -2.47. The molecule has 1 aromatic heterocycles. The highest BCUT2D eigenvalue weighted by Gasteiger charge is 2.26. The van der Waals surface area contributed by atoms with Crippen molar-refractivity contribution in [3.63, 3.8) is 0 Å². The van der Waals surface area contributed by atoms with E-state index in [9.17, 15) is 9.59 Å². The van der Waals surface area contributed by atoms with E-state index in [1.165, 1.54) is 11.3 Å². The number of nitrogens with one attached hydrogen (secondary N) is 2. The van der Waals surface area contributed by atoms with E-state index < -0.39 is 6.04 Å². The van der Waals surface area contributed by atoms with E-state index in [0.29, 0.717) is 23.1 Å². The summed E-state index contributed by atoms with van der Waals surface area (Å²) < 4.78 is 11.7. The van der Waals surface area contributed by atoms with Crippen LogP contribution in [0.1, 0.15) is 31.1 Å². The fourth-order valence-electron chi connectivity index (χ4n) is 2.96. The van der Waals surface area contributed by atoms with Gasteiger partial charge in [-0.3, -0.25) is 9.59 Å². The molecule has 0 saturated heterocycles. The first-order valence-corrected chi connectivity index (χ1v) is 10.5. The van der Waals surface area contributed by atoms with Crippen LogP contribution in [0.4, 0.5) is 5.13 Å². The van der Waals surface area contributed by atoms with Crippen molar-refractivity contribution in [1.82, 2.24) is 10.3 Å². The molecule has 1 atom stereocenters. The number of para-hydroxylation sites is 1. The minimum atomic E-state index is -0.728. The number of carbonyl (C=O) groups excluding carboxylic acids is 2. The summed E-state index contributed by atoms with van der Waals surface area (Å²) in [5.41, 5.74) is 1.16. The van der Waals surface area contributed by atoms with Gasteiger partial charge in [-0.05, 0) is 43.2 Å². The second-order valence-corrected chi connectivity index (χ2v) is 8.00. The molecule has 0 saturated carbocycles. The first-order chi connectivity index (χ1) is 14.4. The fraction of sp³-hybridized carbons (Fsp3) is 0.318. The van der Waals surface area contributed by atoms with Crippen LogP contribution < -0.4 is 20.1 Å². The number of aromatic nitrogens is 1. The highest BCUT2D eigenvalue weighted by Crippen LogP contribution is 2.29. The van der Waals surface area contributed by atoms with Gasteiger partial charge in [-0.25, -0.2) is 4.98 Å². The first kappa shape index (κ1) is 21.6. The van der Waals surface area contributed by atoms with Gasteiger partial charge in [0, 0.05) is 0 Å². The highest BCUT2D eigenvalue weighted by atomic mass is 32.1. The molecular formula is C22H25N3O4S. The molecule has 1 unspecified atom stereocenters. The Kier molecular flexibility index (Phi) is 6.89. The van der Waals surface area contributed by atoms with Gasteiger partial charge in [-0.15, -0.1) is 0 Å². The summed E-state index contributed by atoms with van der Waals surface area (Å²) in [6.07, 6.45) is 0. The average molecular weight is 428 g/mol. The third kappa shape index (κ3) is 4.88. The zero-order valence-corrected chi connectivity index (χ0v) is 18.2. The van der Waals surface area contributed by atoms with Gasteiger partial charge in [-0.2, -0.15) is 0 Å². The second-order valence-electron chi connectivity index (χ2n) is 6.97. The summed E-state index contributed by atoms with van der Waals surface area (Å²) in [7, 11) is 1.60. The lowest BCUT2D eigenvalue weighted by molar-refractivity contribution is -0.118. The van der Waals surface area contributed by atoms with Crippen LogP contribution in [0.5, 0.6) is 11.5 Å². The van der Waals surface area contributed by atoms with Gasteiger partial charge >= 0.3 is 0 Å². The number of amides is 2. The van der Waals surface area contributed by atoms with Crippen LogP contribution in [0.3, 0.4) is 0 Å². The molecule has 158 valence electrons. The number of thiazole rings is 1. The van der Waals surface area contributed by atoms with Crippen molar-refractivity contribution < 1.29 is 19.1 Å². The summed E-state index contributed by atoms with van der Waals surface area (Å²) in [5, 5.41) is 6.13. The Morgan fingerprint density at radius 3 is 2.63 bits per heavy atom. The molecular weight excluding hydrogens is 402 g/mol. The molecule has 8 heteroatoms. The van der Waals surface area contributed by atoms with Crippen LogP contribution in [0.15, 0.2) is 42.5 Å². The minimum Gasteiger partial charge on any atom is -0.497 e. The Morgan fingerprint density at radius 1 is 1.17 bits per heavy atom. The quantitative estimate of drug-likeness (QED) is 0.565. The molecule has 0 bridgehead atoms. The van der Waals surface area contributed by atoms with Crippen molar-refractivity contribution in [2.24, 2.45) is 5.92 Å². The molecule has 7 nitrogen and oxygen atoms in total. The van der Waals surface area contributed by atoms with Crippen LogP contribution in [0.2, 0.25) is 0 Å². The third-order valence-electron chi connectivity index (χ3n) is 4.49. The summed E-state index contributed by atoms with van der Waals surface area (Å²) in [6.45, 7) is 6.05. The summed E-state index contributed by atoms with van der Waals surface area (Å²) in [4.78, 5) is 30.2. The molecule has 0 aliphatic rings. The van der Waals surface area contributed by atoms with Gasteiger partial charge < -0.3 is 20.1 Å². The largest absolute Gasteiger partial charge is 0.497 e. The maximum atomic E-state index is 12.9. The van der Waals surface area contributed by atoms with Crippen LogP contribution in [0, 0.1) is 5.92 Å². The number of fused-ring (bicyclic) bond motifs is 1. The molecule has 3 aromatic rings. The van der Waals surface area contributed by atoms with Gasteiger partial charge in [0.15, 0.2) is 5.13 Å². The number of nitrogens with zero attached hydrogens (tertiary/aromatic N) is 1. The molecule has 2 aromatic carbocycles. The van der Waals surface area contributed by atoms with Gasteiger partial charge in [-0.1, -0.05) is 37.3 Å². The van der Waals surface area contributed by atoms with Crippen molar-refractivity contribution >= 4 is 38.5 Å². The van der Waals surface area contributed by atoms with E-state index in [2.05, 4.69) is 15.6 Å². The summed E-state index contributed by atoms with van der Waals surface area (Å²) in [6, 6.07) is 11.8. The standard InChI is InChI=1S/C22H25N3O4S/c1-5-29-17-9-7-6-8-15(17)20(26)24-19(13(2)3)21(27)25-22-23-16-11-10-14(28-4)12-18(16)30-22/h6-13,19H,5H2,1-4H3,(H,24,26)(H,23,25,27). The number of ether oxygens (including phenoxy) is 2. The van der Waals surface area contributed by atoms with E-state index in [1.807, 2.05) is 39.0 Å². The van der Waals surface area contributed by atoms with Gasteiger partial charge in [0.1, 0.15) is 17.5 Å². The predicted octanol–water partition coefficient (Wildman–Crippen LogP) is 4.10. The average Bonchev–Trinajstić information content (AvgIpc) is 3.13. The Bertz CT molecular complexity index is 1050. The fourth-order valence-corrected chi connectivity index (χ4v) is 3.86. The number of anilines is 1. The molecule has 0 radical (unpaired) electrons. The molecule has 30 heavy (non-hydrogen) atoms. The number of benzene rings is 2. The number of methoxy groups -OCH3 is 1. The molecule has 2 amide bonds. The van der Waals surface area contributed by atoms with Crippen molar-refractivity contribution in [3.05, 3.63) is 48.0 Å². The van der Waals surface area contributed by atoms with E-state index in [1.54, 1.807) is 31.4 Å². The SMILES string of the molecule is CCOc1ccccc1C(=O)NC(C(=O)Nc1nc2ccc(OC)cc2s1)C(C)C. The molecule has 0 aliphatic heterocycles. The van der Waals surface area contributed by atoms with Crippen LogP contribution in [-0.2, 0) is 4.79 Å². The summed E-state index contributed by atoms with van der Waals surface area (Å²) in [5.74, 6) is 0.410. The van der Waals surface area contributed by atoms with Gasteiger partial charge in [0.25, 0.3) is 5.91 Å². The smallest absolute Gasteiger partial charge is 0.255 e. The van der Waals surface area contributed by atoms with E-state index >= 15 is 0 Å². The molecule has 1 heterocycles. The van der Waals surface area contributed by atoms with Crippen molar-refractivity contribution in [2.45, 2.75) is 26.8 Å². The number of rotatable bonds is 8.